The Hall–Kier alpha value is -0.290. The summed E-state index contributed by atoms with van der Waals surface area (Å²) in [4.78, 5) is 1.38. The van der Waals surface area contributed by atoms with Gasteiger partial charge < -0.3 is 5.73 Å². The predicted molar refractivity (Wildman–Crippen MR) is 51.1 cm³/mol. The van der Waals surface area contributed by atoms with Crippen LogP contribution >= 0.6 is 0 Å². The van der Waals surface area contributed by atoms with Crippen LogP contribution in [0.3, 0.4) is 0 Å². The van der Waals surface area contributed by atoms with Gasteiger partial charge >= 0.3 is 6.18 Å². The molecule has 2 N–H and O–H groups in total. The second-order valence-electron chi connectivity index (χ2n) is 3.68. The molecule has 1 unspecified atom stereocenters. The standard InChI is InChI=1S/C9H19F3N2/c1-4-8(3,6-13)14(5-2)7-9(10,11)12/h4-7,13H2,1-3H3. The van der Waals surface area contributed by atoms with E-state index in [0.717, 1.165) is 0 Å². The number of nitrogens with zero attached hydrogens (tertiary/aromatic N) is 1. The molecule has 0 rings (SSSR count). The Balaban J connectivity index is 4.53. The highest BCUT2D eigenvalue weighted by atomic mass is 19.4. The molecule has 0 saturated heterocycles. The largest absolute Gasteiger partial charge is 0.401 e. The number of nitrogens with two attached hydrogens (primary N) is 1. The number of likely N-dealkylation sites (N-methyl/N-ethyl adjacent to an activating group) is 1. The summed E-state index contributed by atoms with van der Waals surface area (Å²) in [7, 11) is 0. The van der Waals surface area contributed by atoms with E-state index in [9.17, 15) is 13.2 Å². The molecule has 0 aromatic rings. The van der Waals surface area contributed by atoms with E-state index in [1.807, 2.05) is 6.92 Å². The molecule has 0 bridgehead atoms. The lowest BCUT2D eigenvalue weighted by molar-refractivity contribution is -0.157. The molecular weight excluding hydrogens is 193 g/mol. The first-order chi connectivity index (χ1) is 6.29. The lowest BCUT2D eigenvalue weighted by Gasteiger charge is -2.39. The fraction of sp³-hybridized carbons (Fsp3) is 1.00. The van der Waals surface area contributed by atoms with Crippen LogP contribution in [0.15, 0.2) is 0 Å². The fourth-order valence-corrected chi connectivity index (χ4v) is 1.40. The first kappa shape index (κ1) is 13.7. The summed E-state index contributed by atoms with van der Waals surface area (Å²) in [6, 6.07) is 0. The molecule has 14 heavy (non-hydrogen) atoms. The van der Waals surface area contributed by atoms with Crippen LogP contribution in [-0.2, 0) is 0 Å². The molecule has 2 nitrogen and oxygen atoms in total. The van der Waals surface area contributed by atoms with E-state index in [1.54, 1.807) is 13.8 Å². The van der Waals surface area contributed by atoms with Crippen molar-refractivity contribution in [3.8, 4) is 0 Å². The van der Waals surface area contributed by atoms with Crippen LogP contribution in [-0.4, -0.2) is 36.2 Å². The average molecular weight is 212 g/mol. The molecule has 0 aliphatic heterocycles. The van der Waals surface area contributed by atoms with Crippen LogP contribution in [0.2, 0.25) is 0 Å². The van der Waals surface area contributed by atoms with Crippen molar-refractivity contribution in [2.75, 3.05) is 19.6 Å². The third-order valence-corrected chi connectivity index (χ3v) is 2.72. The minimum absolute atomic E-state index is 0.243. The zero-order chi connectivity index (χ0) is 11.4. The zero-order valence-electron chi connectivity index (χ0n) is 8.99. The van der Waals surface area contributed by atoms with Gasteiger partial charge in [-0.2, -0.15) is 13.2 Å². The van der Waals surface area contributed by atoms with Gasteiger partial charge in [-0.3, -0.25) is 4.90 Å². The van der Waals surface area contributed by atoms with Crippen LogP contribution in [0.1, 0.15) is 27.2 Å². The molecule has 0 amide bonds. The second kappa shape index (κ2) is 4.98. The van der Waals surface area contributed by atoms with Crippen molar-refractivity contribution in [2.24, 2.45) is 5.73 Å². The normalized spacial score (nSPS) is 17.1. The van der Waals surface area contributed by atoms with Crippen LogP contribution in [0.25, 0.3) is 0 Å². The Labute approximate surface area is 83.3 Å². The molecule has 0 fully saturated rings. The van der Waals surface area contributed by atoms with Crippen molar-refractivity contribution in [3.05, 3.63) is 0 Å². The topological polar surface area (TPSA) is 29.3 Å². The second-order valence-corrected chi connectivity index (χ2v) is 3.68. The molecule has 5 heteroatoms. The number of alkyl halides is 3. The van der Waals surface area contributed by atoms with E-state index in [4.69, 9.17) is 5.73 Å². The first-order valence-electron chi connectivity index (χ1n) is 4.81. The summed E-state index contributed by atoms with van der Waals surface area (Å²) in [5.74, 6) is 0. The number of rotatable bonds is 5. The van der Waals surface area contributed by atoms with E-state index in [-0.39, 0.29) is 6.54 Å². The summed E-state index contributed by atoms with van der Waals surface area (Å²) in [5.41, 5.74) is 4.95. The summed E-state index contributed by atoms with van der Waals surface area (Å²) < 4.78 is 36.6. The Morgan fingerprint density at radius 2 is 1.71 bits per heavy atom. The molecular formula is C9H19F3N2. The highest BCUT2D eigenvalue weighted by molar-refractivity contribution is 4.86. The van der Waals surface area contributed by atoms with Gasteiger partial charge in [-0.1, -0.05) is 13.8 Å². The summed E-state index contributed by atoms with van der Waals surface area (Å²) >= 11 is 0. The van der Waals surface area contributed by atoms with Gasteiger partial charge in [-0.15, -0.1) is 0 Å². The van der Waals surface area contributed by atoms with E-state index >= 15 is 0 Å². The summed E-state index contributed by atoms with van der Waals surface area (Å²) in [5, 5.41) is 0. The molecule has 0 spiro atoms. The number of hydrogen-bond donors (Lipinski definition) is 1. The maximum Gasteiger partial charge on any atom is 0.401 e. The van der Waals surface area contributed by atoms with Crippen molar-refractivity contribution >= 4 is 0 Å². The third kappa shape index (κ3) is 3.84. The van der Waals surface area contributed by atoms with Crippen LogP contribution in [0.5, 0.6) is 0 Å². The predicted octanol–water partition coefficient (Wildman–Crippen LogP) is 2.00. The molecule has 0 aliphatic rings. The SMILES string of the molecule is CCN(CC(F)(F)F)C(C)(CC)CN. The maximum absolute atomic E-state index is 12.2. The number of halogens is 3. The van der Waals surface area contributed by atoms with Crippen LogP contribution < -0.4 is 5.73 Å². The van der Waals surface area contributed by atoms with Gasteiger partial charge in [-0.25, -0.2) is 0 Å². The van der Waals surface area contributed by atoms with E-state index in [2.05, 4.69) is 0 Å². The van der Waals surface area contributed by atoms with Crippen molar-refractivity contribution in [1.82, 2.24) is 4.90 Å². The van der Waals surface area contributed by atoms with Gasteiger partial charge in [0.15, 0.2) is 0 Å². The van der Waals surface area contributed by atoms with Crippen LogP contribution in [0, 0.1) is 0 Å². The minimum atomic E-state index is -4.15. The Kier molecular flexibility index (Phi) is 4.88. The van der Waals surface area contributed by atoms with Gasteiger partial charge in [0.1, 0.15) is 0 Å². The lowest BCUT2D eigenvalue weighted by Crippen LogP contribution is -2.54. The zero-order valence-corrected chi connectivity index (χ0v) is 8.99. The van der Waals surface area contributed by atoms with Gasteiger partial charge in [0.05, 0.1) is 6.54 Å². The van der Waals surface area contributed by atoms with Gasteiger partial charge in [0.25, 0.3) is 0 Å². The van der Waals surface area contributed by atoms with Crippen molar-refractivity contribution in [3.63, 3.8) is 0 Å². The smallest absolute Gasteiger partial charge is 0.329 e. The molecule has 0 radical (unpaired) electrons. The molecule has 1 atom stereocenters. The van der Waals surface area contributed by atoms with Crippen molar-refractivity contribution in [2.45, 2.75) is 38.9 Å². The highest BCUT2D eigenvalue weighted by Crippen LogP contribution is 2.24. The van der Waals surface area contributed by atoms with E-state index < -0.39 is 18.3 Å². The Morgan fingerprint density at radius 3 is 1.93 bits per heavy atom. The molecule has 0 aromatic heterocycles. The molecule has 0 aromatic carbocycles. The number of hydrogen-bond acceptors (Lipinski definition) is 2. The first-order valence-corrected chi connectivity index (χ1v) is 4.81. The van der Waals surface area contributed by atoms with Gasteiger partial charge in [0, 0.05) is 12.1 Å². The monoisotopic (exact) mass is 212 g/mol. The Morgan fingerprint density at radius 1 is 1.21 bits per heavy atom. The Bertz CT molecular complexity index is 164. The van der Waals surface area contributed by atoms with Crippen molar-refractivity contribution in [1.29, 1.82) is 0 Å². The average Bonchev–Trinajstić information content (AvgIpc) is 2.11. The molecule has 0 heterocycles. The fourth-order valence-electron chi connectivity index (χ4n) is 1.40. The van der Waals surface area contributed by atoms with Gasteiger partial charge in [-0.05, 0) is 19.9 Å². The lowest BCUT2D eigenvalue weighted by atomic mass is 9.96. The van der Waals surface area contributed by atoms with E-state index in [0.29, 0.717) is 13.0 Å². The summed E-state index contributed by atoms with van der Waals surface area (Å²) in [6.45, 7) is 5.06. The van der Waals surface area contributed by atoms with Crippen molar-refractivity contribution < 1.29 is 13.2 Å². The van der Waals surface area contributed by atoms with E-state index in [1.165, 1.54) is 4.90 Å². The molecule has 0 saturated carbocycles. The quantitative estimate of drug-likeness (QED) is 0.755. The van der Waals surface area contributed by atoms with Crippen LogP contribution in [0.4, 0.5) is 13.2 Å². The maximum atomic E-state index is 12.2. The minimum Gasteiger partial charge on any atom is -0.329 e. The summed E-state index contributed by atoms with van der Waals surface area (Å²) in [6.07, 6.45) is -3.53. The molecule has 86 valence electrons. The van der Waals surface area contributed by atoms with Gasteiger partial charge in [0.2, 0.25) is 0 Å². The third-order valence-electron chi connectivity index (χ3n) is 2.72. The molecule has 0 aliphatic carbocycles. The highest BCUT2D eigenvalue weighted by Gasteiger charge is 2.37.